The Hall–Kier alpha value is -3.25. The summed E-state index contributed by atoms with van der Waals surface area (Å²) in [5.74, 6) is -0.380. The summed E-state index contributed by atoms with van der Waals surface area (Å²) >= 11 is 0. The van der Waals surface area contributed by atoms with Crippen molar-refractivity contribution in [1.82, 2.24) is 14.3 Å². The van der Waals surface area contributed by atoms with Gasteiger partial charge in [0.05, 0.1) is 17.8 Å². The Kier molecular flexibility index (Phi) is 5.62. The van der Waals surface area contributed by atoms with Crippen molar-refractivity contribution in [3.63, 3.8) is 0 Å². The molecule has 5 nitrogen and oxygen atoms in total. The maximum Gasteiger partial charge on any atom is 0.165 e. The number of aromatic nitrogens is 3. The number of aryl methyl sites for hydroxylation is 1. The lowest BCUT2D eigenvalue weighted by atomic mass is 10.0. The number of hydrogen-bond acceptors (Lipinski definition) is 3. The molecule has 164 valence electrons. The van der Waals surface area contributed by atoms with Gasteiger partial charge < -0.3 is 9.30 Å². The number of rotatable bonds is 7. The zero-order chi connectivity index (χ0) is 22.1. The van der Waals surface area contributed by atoms with E-state index in [0.29, 0.717) is 30.3 Å². The lowest BCUT2D eigenvalue weighted by Crippen LogP contribution is -2.09. The zero-order valence-corrected chi connectivity index (χ0v) is 18.1. The maximum atomic E-state index is 14.7. The highest BCUT2D eigenvalue weighted by molar-refractivity contribution is 6.08. The first-order chi connectivity index (χ1) is 15.6. The summed E-state index contributed by atoms with van der Waals surface area (Å²) in [7, 11) is 1.90. The standard InChI is InChI=1S/C26H26FN3O2/c1-29-16-20(14-28-29)19-9-7-18(8-10-19)15-30-17-22(26-23(27)5-2-6-24(26)30)25(31)12-11-21-4-3-13-32-21/h2,5-10,14,16-17,21H,3-4,11-13,15H2,1H3/t21-/m1/s1. The SMILES string of the molecule is Cn1cc(-c2ccc(Cn3cc(C(=O)CC[C@H]4CCCO4)c4c(F)cccc43)cc2)cn1. The van der Waals surface area contributed by atoms with Crippen LogP contribution in [0.4, 0.5) is 4.39 Å². The summed E-state index contributed by atoms with van der Waals surface area (Å²) in [6, 6.07) is 13.2. The molecule has 1 aliphatic heterocycles. The fraction of sp³-hybridized carbons (Fsp3) is 0.308. The van der Waals surface area contributed by atoms with Gasteiger partial charge in [0, 0.05) is 55.5 Å². The van der Waals surface area contributed by atoms with E-state index >= 15 is 0 Å². The second-order valence-electron chi connectivity index (χ2n) is 8.50. The molecular formula is C26H26FN3O2. The number of halogens is 1. The third-order valence-corrected chi connectivity index (χ3v) is 6.22. The fourth-order valence-electron chi connectivity index (χ4n) is 4.52. The molecule has 32 heavy (non-hydrogen) atoms. The molecule has 0 spiro atoms. The van der Waals surface area contributed by atoms with Crippen LogP contribution in [0.15, 0.2) is 61.1 Å². The number of ketones is 1. The quantitative estimate of drug-likeness (QED) is 0.370. The molecule has 0 aliphatic carbocycles. The van der Waals surface area contributed by atoms with E-state index in [9.17, 15) is 9.18 Å². The van der Waals surface area contributed by atoms with Crippen molar-refractivity contribution in [3.8, 4) is 11.1 Å². The van der Waals surface area contributed by atoms with Gasteiger partial charge in [0.2, 0.25) is 0 Å². The average molecular weight is 432 g/mol. The Morgan fingerprint density at radius 2 is 2.00 bits per heavy atom. The Balaban J connectivity index is 1.40. The number of Topliss-reactive ketones (excluding diaryl/α,β-unsaturated/α-hetero) is 1. The minimum atomic E-state index is -0.353. The lowest BCUT2D eigenvalue weighted by Gasteiger charge is -2.07. The lowest BCUT2D eigenvalue weighted by molar-refractivity contribution is 0.0860. The van der Waals surface area contributed by atoms with Crippen molar-refractivity contribution >= 4 is 16.7 Å². The van der Waals surface area contributed by atoms with Gasteiger partial charge in [0.15, 0.2) is 5.78 Å². The Labute approximate surface area is 186 Å². The summed E-state index contributed by atoms with van der Waals surface area (Å²) in [5, 5.41) is 4.64. The van der Waals surface area contributed by atoms with Crippen LogP contribution >= 0.6 is 0 Å². The molecule has 0 amide bonds. The molecule has 0 bridgehead atoms. The first-order valence-corrected chi connectivity index (χ1v) is 11.1. The van der Waals surface area contributed by atoms with Crippen molar-refractivity contribution in [1.29, 1.82) is 0 Å². The van der Waals surface area contributed by atoms with Gasteiger partial charge in [-0.2, -0.15) is 5.10 Å². The van der Waals surface area contributed by atoms with Crippen LogP contribution in [0, 0.1) is 5.82 Å². The molecule has 1 saturated heterocycles. The van der Waals surface area contributed by atoms with Crippen molar-refractivity contribution in [2.75, 3.05) is 6.61 Å². The maximum absolute atomic E-state index is 14.7. The van der Waals surface area contributed by atoms with Crippen LogP contribution in [-0.4, -0.2) is 32.8 Å². The number of carbonyl (C=O) groups is 1. The van der Waals surface area contributed by atoms with Gasteiger partial charge >= 0.3 is 0 Å². The molecular weight excluding hydrogens is 405 g/mol. The van der Waals surface area contributed by atoms with Gasteiger partial charge in [0.1, 0.15) is 5.82 Å². The number of fused-ring (bicyclic) bond motifs is 1. The molecule has 2 aromatic carbocycles. The highest BCUT2D eigenvalue weighted by Crippen LogP contribution is 2.28. The highest BCUT2D eigenvalue weighted by Gasteiger charge is 2.21. The van der Waals surface area contributed by atoms with Crippen molar-refractivity contribution < 1.29 is 13.9 Å². The molecule has 3 heterocycles. The normalized spacial score (nSPS) is 16.1. The van der Waals surface area contributed by atoms with Gasteiger partial charge in [0.25, 0.3) is 0 Å². The van der Waals surface area contributed by atoms with Gasteiger partial charge in [-0.3, -0.25) is 9.48 Å². The number of ether oxygens (including phenoxy) is 1. The van der Waals surface area contributed by atoms with E-state index in [-0.39, 0.29) is 17.7 Å². The molecule has 0 radical (unpaired) electrons. The van der Waals surface area contributed by atoms with Crippen molar-refractivity contribution in [3.05, 3.63) is 78.0 Å². The number of hydrogen-bond donors (Lipinski definition) is 0. The van der Waals surface area contributed by atoms with Crippen LogP contribution in [0.25, 0.3) is 22.0 Å². The number of benzene rings is 2. The predicted molar refractivity (Wildman–Crippen MR) is 122 cm³/mol. The van der Waals surface area contributed by atoms with Gasteiger partial charge in [-0.05, 0) is 42.5 Å². The molecule has 1 aliphatic rings. The fourth-order valence-corrected chi connectivity index (χ4v) is 4.52. The Morgan fingerprint density at radius 1 is 1.16 bits per heavy atom. The van der Waals surface area contributed by atoms with E-state index in [1.165, 1.54) is 6.07 Å². The summed E-state index contributed by atoms with van der Waals surface area (Å²) in [5.41, 5.74) is 4.43. The molecule has 1 atom stereocenters. The van der Waals surface area contributed by atoms with E-state index in [1.54, 1.807) is 16.9 Å². The second-order valence-corrected chi connectivity index (χ2v) is 8.50. The van der Waals surface area contributed by atoms with Crippen LogP contribution in [0.5, 0.6) is 0 Å². The van der Waals surface area contributed by atoms with Crippen LogP contribution in [-0.2, 0) is 18.3 Å². The van der Waals surface area contributed by atoms with Crippen molar-refractivity contribution in [2.24, 2.45) is 7.05 Å². The number of nitrogens with zero attached hydrogens (tertiary/aromatic N) is 3. The first-order valence-electron chi connectivity index (χ1n) is 11.1. The summed E-state index contributed by atoms with van der Waals surface area (Å²) in [6.45, 7) is 1.33. The number of carbonyl (C=O) groups excluding carboxylic acids is 1. The smallest absolute Gasteiger partial charge is 0.165 e. The van der Waals surface area contributed by atoms with Crippen molar-refractivity contribution in [2.45, 2.75) is 38.3 Å². The van der Waals surface area contributed by atoms with Gasteiger partial charge in [-0.25, -0.2) is 4.39 Å². The minimum absolute atomic E-state index is 0.0266. The first kappa shape index (κ1) is 20.6. The topological polar surface area (TPSA) is 49.0 Å². The van der Waals surface area contributed by atoms with E-state index in [0.717, 1.165) is 41.7 Å². The van der Waals surface area contributed by atoms with Crippen LogP contribution in [0.2, 0.25) is 0 Å². The Bertz CT molecular complexity index is 1250. The summed E-state index contributed by atoms with van der Waals surface area (Å²) in [4.78, 5) is 13.0. The molecule has 6 heteroatoms. The van der Waals surface area contributed by atoms with E-state index in [1.807, 2.05) is 30.1 Å². The third kappa shape index (κ3) is 4.10. The monoisotopic (exact) mass is 431 g/mol. The van der Waals surface area contributed by atoms with E-state index in [4.69, 9.17) is 4.74 Å². The Morgan fingerprint density at radius 3 is 2.72 bits per heavy atom. The van der Waals surface area contributed by atoms with E-state index in [2.05, 4.69) is 29.4 Å². The molecule has 1 fully saturated rings. The predicted octanol–water partition coefficient (Wildman–Crippen LogP) is 5.37. The molecule has 4 aromatic rings. The molecule has 0 saturated carbocycles. The van der Waals surface area contributed by atoms with Gasteiger partial charge in [-0.1, -0.05) is 30.3 Å². The minimum Gasteiger partial charge on any atom is -0.378 e. The largest absolute Gasteiger partial charge is 0.378 e. The molecule has 0 unspecified atom stereocenters. The summed E-state index contributed by atoms with van der Waals surface area (Å²) < 4.78 is 24.1. The summed E-state index contributed by atoms with van der Waals surface area (Å²) in [6.07, 6.45) is 8.88. The second kappa shape index (κ2) is 8.71. The highest BCUT2D eigenvalue weighted by atomic mass is 19.1. The average Bonchev–Trinajstić information content (AvgIpc) is 3.54. The molecule has 2 aromatic heterocycles. The van der Waals surface area contributed by atoms with Crippen LogP contribution < -0.4 is 0 Å². The van der Waals surface area contributed by atoms with Gasteiger partial charge in [-0.15, -0.1) is 0 Å². The van der Waals surface area contributed by atoms with Crippen LogP contribution in [0.1, 0.15) is 41.6 Å². The molecule has 5 rings (SSSR count). The van der Waals surface area contributed by atoms with E-state index < -0.39 is 0 Å². The van der Waals surface area contributed by atoms with Crippen LogP contribution in [0.3, 0.4) is 0 Å². The zero-order valence-electron chi connectivity index (χ0n) is 18.1. The molecule has 0 N–H and O–H groups in total. The third-order valence-electron chi connectivity index (χ3n) is 6.22.